The normalized spacial score (nSPS) is 20.8. The van der Waals surface area contributed by atoms with E-state index in [1.807, 2.05) is 0 Å². The predicted molar refractivity (Wildman–Crippen MR) is 238 cm³/mol. The van der Waals surface area contributed by atoms with Crippen LogP contribution in [-0.4, -0.2) is 96.0 Å². The minimum Gasteiger partial charge on any atom is -0.462 e. The molecule has 0 saturated carbocycles. The molecule has 0 aliphatic carbocycles. The number of unbranched alkanes of at least 4 members (excludes halogenated alkanes) is 12. The van der Waals surface area contributed by atoms with Crippen LogP contribution in [0.4, 0.5) is 0 Å². The van der Waals surface area contributed by atoms with Gasteiger partial charge in [-0.2, -0.15) is 8.42 Å². The summed E-state index contributed by atoms with van der Waals surface area (Å²) in [5.41, 5.74) is 0. The van der Waals surface area contributed by atoms with E-state index in [1.165, 1.54) is 38.5 Å². The zero-order chi connectivity index (χ0) is 44.1. The van der Waals surface area contributed by atoms with E-state index >= 15 is 0 Å². The summed E-state index contributed by atoms with van der Waals surface area (Å²) < 4.78 is 54.0. The highest BCUT2D eigenvalue weighted by Gasteiger charge is 2.46. The summed E-state index contributed by atoms with van der Waals surface area (Å²) in [7, 11) is -4.61. The molecule has 2 unspecified atom stereocenters. The maximum atomic E-state index is 12.8. The van der Waals surface area contributed by atoms with Gasteiger partial charge in [0.25, 0.3) is 10.1 Å². The van der Waals surface area contributed by atoms with Crippen molar-refractivity contribution in [2.24, 2.45) is 0 Å². The summed E-state index contributed by atoms with van der Waals surface area (Å²) in [6.45, 7) is 3.63. The maximum absolute atomic E-state index is 12.8. The van der Waals surface area contributed by atoms with Crippen LogP contribution in [0.2, 0.25) is 0 Å². The van der Waals surface area contributed by atoms with Gasteiger partial charge >= 0.3 is 11.9 Å². The highest BCUT2D eigenvalue weighted by atomic mass is 32.2. The van der Waals surface area contributed by atoms with Crippen molar-refractivity contribution >= 4 is 22.1 Å². The third kappa shape index (κ3) is 31.0. The number of ether oxygens (including phenoxy) is 4. The first kappa shape index (κ1) is 55.1. The van der Waals surface area contributed by atoms with Crippen molar-refractivity contribution < 1.29 is 56.8 Å². The SMILES string of the molecule is CCCCC/C=C/C/C=C/C/C=C/CCCCCCC(=O)O[C@H](COC(=O)CCCC/C=C/C/C=C/C/C=C/CCCCC)CO[C@H]1O[C@H](CS(=O)(=O)O)[C@@H](O)C(O)C1O. The van der Waals surface area contributed by atoms with Gasteiger partial charge in [-0.1, -0.05) is 125 Å². The molecule has 1 saturated heterocycles. The zero-order valence-electron chi connectivity index (χ0n) is 36.5. The van der Waals surface area contributed by atoms with Gasteiger partial charge in [0.2, 0.25) is 0 Å². The van der Waals surface area contributed by atoms with Crippen LogP contribution in [0.3, 0.4) is 0 Å². The average molecular weight is 867 g/mol. The zero-order valence-corrected chi connectivity index (χ0v) is 37.3. The molecule has 13 heteroatoms. The van der Waals surface area contributed by atoms with Crippen molar-refractivity contribution in [2.75, 3.05) is 19.0 Å². The number of rotatable bonds is 36. The maximum Gasteiger partial charge on any atom is 0.306 e. The largest absolute Gasteiger partial charge is 0.462 e. The van der Waals surface area contributed by atoms with Crippen molar-refractivity contribution in [3.05, 3.63) is 72.9 Å². The topological polar surface area (TPSA) is 186 Å². The first-order valence-corrected chi connectivity index (χ1v) is 24.1. The Hall–Kier alpha value is -2.91. The minimum atomic E-state index is -4.61. The summed E-state index contributed by atoms with van der Waals surface area (Å²) >= 11 is 0. The summed E-state index contributed by atoms with van der Waals surface area (Å²) in [6.07, 6.45) is 36.6. The van der Waals surface area contributed by atoms with Crippen LogP contribution >= 0.6 is 0 Å². The van der Waals surface area contributed by atoms with Crippen molar-refractivity contribution in [2.45, 2.75) is 192 Å². The predicted octanol–water partition coefficient (Wildman–Crippen LogP) is 9.11. The van der Waals surface area contributed by atoms with Crippen LogP contribution in [0.5, 0.6) is 0 Å². The molecule has 0 aromatic rings. The van der Waals surface area contributed by atoms with Gasteiger partial charge in [-0.05, 0) is 89.9 Å². The molecule has 60 heavy (non-hydrogen) atoms. The highest BCUT2D eigenvalue weighted by molar-refractivity contribution is 7.85. The van der Waals surface area contributed by atoms with E-state index in [-0.39, 0.29) is 19.4 Å². The number of allylic oxidation sites excluding steroid dienone is 12. The molecule has 1 rings (SSSR count). The molecule has 0 radical (unpaired) electrons. The first-order chi connectivity index (χ1) is 29.0. The Kier molecular flexibility index (Phi) is 33.7. The molecule has 0 amide bonds. The smallest absolute Gasteiger partial charge is 0.306 e. The Morgan fingerprint density at radius 3 is 1.50 bits per heavy atom. The molecule has 1 aliphatic heterocycles. The number of carbonyl (C=O) groups excluding carboxylic acids is 2. The Morgan fingerprint density at radius 1 is 0.567 bits per heavy atom. The van der Waals surface area contributed by atoms with Crippen molar-refractivity contribution in [3.8, 4) is 0 Å². The summed E-state index contributed by atoms with van der Waals surface area (Å²) in [5.74, 6) is -2.07. The van der Waals surface area contributed by atoms with E-state index in [1.54, 1.807) is 0 Å². The fraction of sp³-hybridized carbons (Fsp3) is 0.702. The van der Waals surface area contributed by atoms with Crippen LogP contribution in [0.15, 0.2) is 72.9 Å². The van der Waals surface area contributed by atoms with E-state index < -0.39 is 71.2 Å². The number of carbonyl (C=O) groups is 2. The lowest BCUT2D eigenvalue weighted by molar-refractivity contribution is -0.297. The van der Waals surface area contributed by atoms with E-state index in [9.17, 15) is 37.9 Å². The Bertz CT molecular complexity index is 1390. The molecule has 0 bridgehead atoms. The lowest BCUT2D eigenvalue weighted by Crippen LogP contribution is -2.60. The molecular formula is C47H78O12S. The van der Waals surface area contributed by atoms with E-state index in [0.717, 1.165) is 77.0 Å². The first-order valence-electron chi connectivity index (χ1n) is 22.5. The van der Waals surface area contributed by atoms with Crippen LogP contribution < -0.4 is 0 Å². The van der Waals surface area contributed by atoms with Crippen LogP contribution in [0.1, 0.15) is 155 Å². The molecule has 4 N–H and O–H groups in total. The van der Waals surface area contributed by atoms with Crippen LogP contribution in [0.25, 0.3) is 0 Å². The van der Waals surface area contributed by atoms with Crippen molar-refractivity contribution in [3.63, 3.8) is 0 Å². The molecule has 0 aromatic heterocycles. The van der Waals surface area contributed by atoms with Gasteiger partial charge in [0.15, 0.2) is 12.4 Å². The molecule has 1 heterocycles. The van der Waals surface area contributed by atoms with E-state index in [0.29, 0.717) is 12.8 Å². The summed E-state index contributed by atoms with van der Waals surface area (Å²) in [6, 6.07) is 0. The lowest BCUT2D eigenvalue weighted by atomic mass is 10.00. The number of aliphatic hydroxyl groups is 3. The second-order valence-corrected chi connectivity index (χ2v) is 16.9. The fourth-order valence-electron chi connectivity index (χ4n) is 6.22. The second-order valence-electron chi connectivity index (χ2n) is 15.4. The van der Waals surface area contributed by atoms with Gasteiger partial charge in [-0.3, -0.25) is 14.1 Å². The number of hydrogen-bond donors (Lipinski definition) is 4. The quantitative estimate of drug-likeness (QED) is 0.0203. The van der Waals surface area contributed by atoms with Gasteiger partial charge in [0, 0.05) is 12.8 Å². The third-order valence-electron chi connectivity index (χ3n) is 9.76. The summed E-state index contributed by atoms with van der Waals surface area (Å²) in [5, 5.41) is 30.9. The van der Waals surface area contributed by atoms with Crippen molar-refractivity contribution in [1.82, 2.24) is 0 Å². The molecule has 344 valence electrons. The number of aliphatic hydroxyl groups excluding tert-OH is 3. The van der Waals surface area contributed by atoms with Crippen molar-refractivity contribution in [1.29, 1.82) is 0 Å². The second kappa shape index (κ2) is 36.7. The highest BCUT2D eigenvalue weighted by Crippen LogP contribution is 2.24. The Labute approximate surface area is 361 Å². The van der Waals surface area contributed by atoms with Gasteiger partial charge in [-0.15, -0.1) is 0 Å². The van der Waals surface area contributed by atoms with Gasteiger partial charge in [-0.25, -0.2) is 0 Å². The molecule has 1 fully saturated rings. The molecule has 1 aliphatic rings. The Morgan fingerprint density at radius 2 is 1.00 bits per heavy atom. The minimum absolute atomic E-state index is 0.126. The number of hydrogen-bond acceptors (Lipinski definition) is 11. The van der Waals surface area contributed by atoms with E-state index in [2.05, 4.69) is 86.8 Å². The average Bonchev–Trinajstić information content (AvgIpc) is 3.21. The molecule has 6 atom stereocenters. The molecule has 0 spiro atoms. The standard InChI is InChI=1S/C47H78O12S/c1-3-5-7-9-11-13-15-17-19-20-22-24-26-28-30-32-34-36-43(49)58-40(38-57-47-46(52)45(51)44(50)41(59-47)39-60(53,54)55)37-56-42(48)35-33-31-29-27-25-23-21-18-16-14-12-10-8-6-4-2/h11-14,17-19,21-22,24-25,27,40-41,44-47,50-52H,3-10,15-16,20,23,26,28-39H2,1-2H3,(H,53,54,55)/b13-11+,14-12+,19-17+,21-18+,24-22+,27-25+/t40-,41-,44-,45?,46?,47+/m1/s1. The molecule has 12 nitrogen and oxygen atoms in total. The van der Waals surface area contributed by atoms with Crippen LogP contribution in [-0.2, 0) is 38.7 Å². The number of esters is 2. The Balaban J connectivity index is 2.51. The summed E-state index contributed by atoms with van der Waals surface area (Å²) in [4.78, 5) is 25.4. The molecule has 0 aromatic carbocycles. The lowest BCUT2D eigenvalue weighted by Gasteiger charge is -2.40. The van der Waals surface area contributed by atoms with E-state index in [4.69, 9.17) is 18.9 Å². The van der Waals surface area contributed by atoms with Gasteiger partial charge in [0.05, 0.1) is 6.61 Å². The van der Waals surface area contributed by atoms with Crippen LogP contribution in [0, 0.1) is 0 Å². The molecular weight excluding hydrogens is 789 g/mol. The van der Waals surface area contributed by atoms with Gasteiger partial charge in [0.1, 0.15) is 36.8 Å². The van der Waals surface area contributed by atoms with Gasteiger partial charge < -0.3 is 34.3 Å². The monoisotopic (exact) mass is 867 g/mol. The fourth-order valence-corrected chi connectivity index (χ4v) is 6.91. The third-order valence-corrected chi connectivity index (χ3v) is 10.5.